The molecule has 0 aliphatic heterocycles. The second-order valence-corrected chi connectivity index (χ2v) is 7.08. The lowest BCUT2D eigenvalue weighted by Crippen LogP contribution is -2.30. The Labute approximate surface area is 183 Å². The largest absolute Gasteiger partial charge is 0.363 e. The number of anilines is 4. The van der Waals surface area contributed by atoms with Gasteiger partial charge in [-0.25, -0.2) is 9.97 Å². The third-order valence-electron chi connectivity index (χ3n) is 4.47. The van der Waals surface area contributed by atoms with Gasteiger partial charge in [0.25, 0.3) is 0 Å². The van der Waals surface area contributed by atoms with Crippen LogP contribution in [-0.4, -0.2) is 32.7 Å². The molecule has 2 heterocycles. The van der Waals surface area contributed by atoms with Crippen LogP contribution in [0, 0.1) is 0 Å². The van der Waals surface area contributed by atoms with Gasteiger partial charge in [-0.05, 0) is 42.9 Å². The Balaban J connectivity index is 1.61. The highest BCUT2D eigenvalue weighted by atomic mass is 35.5. The van der Waals surface area contributed by atoms with E-state index in [0.29, 0.717) is 22.3 Å². The van der Waals surface area contributed by atoms with Crippen LogP contribution in [0.2, 0.25) is 5.02 Å². The van der Waals surface area contributed by atoms with Gasteiger partial charge in [0.05, 0.1) is 5.49 Å². The third-order valence-corrected chi connectivity index (χ3v) is 4.85. The van der Waals surface area contributed by atoms with Gasteiger partial charge in [-0.3, -0.25) is 10.4 Å². The lowest BCUT2D eigenvalue weighted by atomic mass is 10.1. The number of hydrogen-bond acceptors (Lipinski definition) is 7. The van der Waals surface area contributed by atoms with Crippen LogP contribution in [0.15, 0.2) is 54.9 Å². The van der Waals surface area contributed by atoms with Crippen LogP contribution in [0.4, 0.5) is 23.0 Å². The van der Waals surface area contributed by atoms with Crippen molar-refractivity contribution in [3.05, 3.63) is 65.4 Å². The molecule has 8 nitrogen and oxygen atoms in total. The molecule has 4 rings (SSSR count). The van der Waals surface area contributed by atoms with Crippen LogP contribution in [0.25, 0.3) is 11.0 Å². The summed E-state index contributed by atoms with van der Waals surface area (Å²) in [7, 11) is 1.87. The SMILES string of the molecule is CNC(NC=S)c1ccc(Nc2[nH]nc3ncnc(Nc4cccc(Cl)c4)c23)cc1. The Morgan fingerprint density at radius 1 is 1.07 bits per heavy atom. The Hall–Kier alpha value is -3.27. The number of rotatable bonds is 8. The molecule has 0 radical (unpaired) electrons. The number of aromatic nitrogens is 4. The van der Waals surface area contributed by atoms with Crippen molar-refractivity contribution in [1.82, 2.24) is 30.8 Å². The van der Waals surface area contributed by atoms with Gasteiger partial charge in [-0.15, -0.1) is 0 Å². The molecule has 152 valence electrons. The molecular weight excluding hydrogens is 420 g/mol. The van der Waals surface area contributed by atoms with Gasteiger partial charge >= 0.3 is 0 Å². The van der Waals surface area contributed by atoms with Crippen LogP contribution < -0.4 is 21.3 Å². The molecule has 0 bridgehead atoms. The van der Waals surface area contributed by atoms with E-state index in [-0.39, 0.29) is 6.17 Å². The summed E-state index contributed by atoms with van der Waals surface area (Å²) in [6.07, 6.45) is 1.42. The molecule has 1 unspecified atom stereocenters. The third kappa shape index (κ3) is 4.33. The molecule has 0 aliphatic rings. The summed E-state index contributed by atoms with van der Waals surface area (Å²) in [5.74, 6) is 1.31. The first-order chi connectivity index (χ1) is 14.7. The number of fused-ring (bicyclic) bond motifs is 1. The van der Waals surface area contributed by atoms with Crippen molar-refractivity contribution in [1.29, 1.82) is 0 Å². The lowest BCUT2D eigenvalue weighted by molar-refractivity contribution is 0.569. The van der Waals surface area contributed by atoms with E-state index in [1.807, 2.05) is 55.6 Å². The summed E-state index contributed by atoms with van der Waals surface area (Å²) < 4.78 is 0. The molecule has 0 saturated carbocycles. The minimum absolute atomic E-state index is 0.0496. The van der Waals surface area contributed by atoms with Gasteiger partial charge < -0.3 is 16.0 Å². The number of hydrogen-bond donors (Lipinski definition) is 5. The summed E-state index contributed by atoms with van der Waals surface area (Å²) in [5.41, 5.74) is 4.82. The number of nitrogens with one attached hydrogen (secondary N) is 5. The van der Waals surface area contributed by atoms with Crippen molar-refractivity contribution in [3.63, 3.8) is 0 Å². The summed E-state index contributed by atoms with van der Waals surface area (Å²) in [4.78, 5) is 8.62. The number of nitrogens with zero attached hydrogens (tertiary/aromatic N) is 3. The van der Waals surface area contributed by atoms with Gasteiger partial charge in [0.2, 0.25) is 0 Å². The summed E-state index contributed by atoms with van der Waals surface area (Å²) in [6, 6.07) is 15.4. The number of benzene rings is 2. The Bertz CT molecular complexity index is 1160. The fourth-order valence-corrected chi connectivity index (χ4v) is 3.39. The topological polar surface area (TPSA) is 103 Å². The van der Waals surface area contributed by atoms with Crippen LogP contribution in [0.1, 0.15) is 11.7 Å². The number of halogens is 1. The van der Waals surface area contributed by atoms with E-state index >= 15 is 0 Å². The predicted octanol–water partition coefficient (Wildman–Crippen LogP) is 4.26. The van der Waals surface area contributed by atoms with Gasteiger partial charge in [0.1, 0.15) is 29.5 Å². The van der Waals surface area contributed by atoms with Crippen LogP contribution in [0.5, 0.6) is 0 Å². The van der Waals surface area contributed by atoms with Crippen molar-refractivity contribution < 1.29 is 0 Å². The van der Waals surface area contributed by atoms with E-state index in [1.54, 1.807) is 0 Å². The van der Waals surface area contributed by atoms with E-state index in [4.69, 9.17) is 23.8 Å². The van der Waals surface area contributed by atoms with Crippen molar-refractivity contribution in [2.45, 2.75) is 6.17 Å². The number of H-pyrrole nitrogens is 1. The Kier molecular flexibility index (Phi) is 6.03. The molecule has 2 aromatic heterocycles. The molecular formula is C20H19ClN8S. The smallest absolute Gasteiger partial charge is 0.188 e. The molecule has 5 N–H and O–H groups in total. The molecule has 0 saturated heterocycles. The number of aromatic amines is 1. The zero-order valence-electron chi connectivity index (χ0n) is 16.0. The average Bonchev–Trinajstić information content (AvgIpc) is 3.17. The van der Waals surface area contributed by atoms with Gasteiger partial charge in [-0.2, -0.15) is 5.10 Å². The first kappa shape index (κ1) is 20.0. The fraction of sp³-hybridized carbons (Fsp3) is 0.100. The van der Waals surface area contributed by atoms with Crippen molar-refractivity contribution in [2.24, 2.45) is 0 Å². The second-order valence-electron chi connectivity index (χ2n) is 6.41. The van der Waals surface area contributed by atoms with E-state index in [1.165, 1.54) is 11.8 Å². The zero-order chi connectivity index (χ0) is 20.9. The maximum Gasteiger partial charge on any atom is 0.188 e. The first-order valence-electron chi connectivity index (χ1n) is 9.13. The van der Waals surface area contributed by atoms with Crippen molar-refractivity contribution in [3.8, 4) is 0 Å². The summed E-state index contributed by atoms with van der Waals surface area (Å²) in [6.45, 7) is 0. The maximum atomic E-state index is 6.09. The molecule has 4 aromatic rings. The van der Waals surface area contributed by atoms with Crippen molar-refractivity contribution >= 4 is 63.4 Å². The first-order valence-corrected chi connectivity index (χ1v) is 9.98. The number of thiocarbonyl (C=S) groups is 1. The minimum atomic E-state index is -0.0496. The zero-order valence-corrected chi connectivity index (χ0v) is 17.6. The molecule has 2 aromatic carbocycles. The van der Waals surface area contributed by atoms with Crippen LogP contribution in [-0.2, 0) is 0 Å². The molecule has 30 heavy (non-hydrogen) atoms. The van der Waals surface area contributed by atoms with E-state index in [9.17, 15) is 0 Å². The Morgan fingerprint density at radius 3 is 2.63 bits per heavy atom. The summed E-state index contributed by atoms with van der Waals surface area (Å²) >= 11 is 11.0. The van der Waals surface area contributed by atoms with Gasteiger partial charge in [0, 0.05) is 16.4 Å². The highest BCUT2D eigenvalue weighted by Gasteiger charge is 2.14. The molecule has 0 aliphatic carbocycles. The Morgan fingerprint density at radius 2 is 1.90 bits per heavy atom. The fourth-order valence-electron chi connectivity index (χ4n) is 3.06. The standard InChI is InChI=1S/C20H19ClN8S/c1-22-17(25-11-30)12-5-7-14(8-6-12)26-20-16-18(23-10-24-19(16)28-29-20)27-15-4-2-3-13(21)9-15/h2-11,17,22H,1H3,(H,25,30)(H3,23,24,26,27,28,29). The molecule has 0 fully saturated rings. The average molecular weight is 439 g/mol. The molecule has 1 atom stereocenters. The lowest BCUT2D eigenvalue weighted by Gasteiger charge is -2.16. The second kappa shape index (κ2) is 9.04. The quantitative estimate of drug-likeness (QED) is 0.205. The van der Waals surface area contributed by atoms with Crippen LogP contribution in [0.3, 0.4) is 0 Å². The van der Waals surface area contributed by atoms with Gasteiger partial charge in [-0.1, -0.05) is 42.0 Å². The van der Waals surface area contributed by atoms with E-state index in [0.717, 1.165) is 22.3 Å². The molecule has 10 heteroatoms. The van der Waals surface area contributed by atoms with Gasteiger partial charge in [0.15, 0.2) is 5.65 Å². The molecule has 0 amide bonds. The van der Waals surface area contributed by atoms with E-state index in [2.05, 4.69) is 41.4 Å². The predicted molar refractivity (Wildman–Crippen MR) is 125 cm³/mol. The minimum Gasteiger partial charge on any atom is -0.363 e. The summed E-state index contributed by atoms with van der Waals surface area (Å²) in [5, 5.41) is 21.5. The molecule has 0 spiro atoms. The van der Waals surface area contributed by atoms with Crippen molar-refractivity contribution in [2.75, 3.05) is 17.7 Å². The highest BCUT2D eigenvalue weighted by molar-refractivity contribution is 7.78. The monoisotopic (exact) mass is 438 g/mol. The van der Waals surface area contributed by atoms with Crippen LogP contribution >= 0.6 is 23.8 Å². The maximum absolute atomic E-state index is 6.09. The van der Waals surface area contributed by atoms with E-state index < -0.39 is 0 Å². The normalized spacial score (nSPS) is 11.8. The highest BCUT2D eigenvalue weighted by Crippen LogP contribution is 2.30.